The van der Waals surface area contributed by atoms with E-state index in [1.54, 1.807) is 0 Å². The smallest absolute Gasteiger partial charge is 0.153 e. The van der Waals surface area contributed by atoms with Crippen molar-refractivity contribution in [3.05, 3.63) is 0 Å². The fourth-order valence-electron chi connectivity index (χ4n) is 2.60. The van der Waals surface area contributed by atoms with Crippen LogP contribution in [0, 0.1) is 5.92 Å². The van der Waals surface area contributed by atoms with Crippen LogP contribution in [-0.2, 0) is 9.84 Å². The maximum Gasteiger partial charge on any atom is 0.153 e. The Morgan fingerprint density at radius 3 is 2.59 bits per heavy atom. The Morgan fingerprint density at radius 1 is 1.29 bits per heavy atom. The minimum Gasteiger partial charge on any atom is -0.314 e. The molecule has 1 rings (SSSR count). The molecule has 0 heterocycles. The number of hydrogen-bond donors (Lipinski definition) is 1. The van der Waals surface area contributed by atoms with E-state index < -0.39 is 9.84 Å². The van der Waals surface area contributed by atoms with Crippen LogP contribution in [0.5, 0.6) is 0 Å². The lowest BCUT2D eigenvalue weighted by atomic mass is 9.95. The van der Waals surface area contributed by atoms with E-state index in [0.717, 1.165) is 38.6 Å². The second-order valence-electron chi connectivity index (χ2n) is 5.39. The van der Waals surface area contributed by atoms with Crippen LogP contribution in [-0.4, -0.2) is 32.0 Å². The van der Waals surface area contributed by atoms with Crippen LogP contribution < -0.4 is 5.32 Å². The van der Waals surface area contributed by atoms with Crippen molar-refractivity contribution in [2.75, 3.05) is 12.3 Å². The van der Waals surface area contributed by atoms with Crippen molar-refractivity contribution in [2.24, 2.45) is 5.92 Å². The lowest BCUT2D eigenvalue weighted by Gasteiger charge is -2.30. The van der Waals surface area contributed by atoms with Crippen molar-refractivity contribution in [3.63, 3.8) is 0 Å². The Morgan fingerprint density at radius 2 is 2.00 bits per heavy atom. The first-order chi connectivity index (χ1) is 7.99. The third-order valence-electron chi connectivity index (χ3n) is 3.84. The van der Waals surface area contributed by atoms with Gasteiger partial charge >= 0.3 is 0 Å². The molecule has 4 heteroatoms. The van der Waals surface area contributed by atoms with E-state index in [4.69, 9.17) is 0 Å². The number of rotatable bonds is 6. The molecule has 0 amide bonds. The van der Waals surface area contributed by atoms with Crippen LogP contribution in [0.25, 0.3) is 0 Å². The second-order valence-corrected chi connectivity index (χ2v) is 7.71. The fraction of sp³-hybridized carbons (Fsp3) is 1.00. The molecule has 1 N–H and O–H groups in total. The van der Waals surface area contributed by atoms with Crippen LogP contribution >= 0.6 is 0 Å². The highest BCUT2D eigenvalue weighted by atomic mass is 32.2. The topological polar surface area (TPSA) is 46.2 Å². The average Bonchev–Trinajstić information content (AvgIpc) is 2.29. The van der Waals surface area contributed by atoms with E-state index in [0.29, 0.717) is 17.7 Å². The molecule has 3 nitrogen and oxygen atoms in total. The molecular formula is C13H27NO2S. The molecule has 0 spiro atoms. The van der Waals surface area contributed by atoms with Crippen molar-refractivity contribution in [1.82, 2.24) is 5.32 Å². The Labute approximate surface area is 106 Å². The maximum atomic E-state index is 12.3. The zero-order chi connectivity index (χ0) is 12.9. The van der Waals surface area contributed by atoms with Gasteiger partial charge in [0.2, 0.25) is 0 Å². The predicted molar refractivity (Wildman–Crippen MR) is 73.0 cm³/mol. The molecule has 0 radical (unpaired) electrons. The minimum absolute atomic E-state index is 0.103. The van der Waals surface area contributed by atoms with E-state index in [1.165, 1.54) is 0 Å². The molecule has 1 saturated carbocycles. The van der Waals surface area contributed by atoms with Crippen LogP contribution in [0.2, 0.25) is 0 Å². The van der Waals surface area contributed by atoms with Gasteiger partial charge in [0.1, 0.15) is 0 Å². The normalized spacial score (nSPS) is 27.9. The number of sulfone groups is 1. The van der Waals surface area contributed by atoms with E-state index >= 15 is 0 Å². The lowest BCUT2D eigenvalue weighted by molar-refractivity contribution is 0.376. The largest absolute Gasteiger partial charge is 0.314 e. The summed E-state index contributed by atoms with van der Waals surface area (Å²) in [4.78, 5) is 0. The van der Waals surface area contributed by atoms with Crippen LogP contribution in [0.1, 0.15) is 52.9 Å². The van der Waals surface area contributed by atoms with E-state index in [9.17, 15) is 8.42 Å². The zero-order valence-electron chi connectivity index (χ0n) is 11.4. The van der Waals surface area contributed by atoms with Gasteiger partial charge in [0.25, 0.3) is 0 Å². The average molecular weight is 261 g/mol. The first-order valence-corrected chi connectivity index (χ1v) is 8.66. The van der Waals surface area contributed by atoms with Crippen LogP contribution in [0.3, 0.4) is 0 Å². The third-order valence-corrected chi connectivity index (χ3v) is 6.32. The van der Waals surface area contributed by atoms with Gasteiger partial charge in [0.15, 0.2) is 9.84 Å². The van der Waals surface area contributed by atoms with E-state index in [-0.39, 0.29) is 5.25 Å². The molecule has 0 aromatic carbocycles. The highest BCUT2D eigenvalue weighted by molar-refractivity contribution is 7.92. The van der Waals surface area contributed by atoms with Crippen molar-refractivity contribution < 1.29 is 8.42 Å². The highest BCUT2D eigenvalue weighted by Crippen LogP contribution is 2.26. The molecule has 1 fully saturated rings. The summed E-state index contributed by atoms with van der Waals surface area (Å²) < 4.78 is 24.6. The lowest BCUT2D eigenvalue weighted by Crippen LogP contribution is -2.40. The van der Waals surface area contributed by atoms with Crippen molar-refractivity contribution in [3.8, 4) is 0 Å². The SMILES string of the molecule is CCNC1CCCC(S(=O)(=O)CC(C)CC)C1. The Kier molecular flexibility index (Phi) is 5.93. The number of hydrogen-bond acceptors (Lipinski definition) is 3. The monoisotopic (exact) mass is 261 g/mol. The highest BCUT2D eigenvalue weighted by Gasteiger charge is 2.31. The molecule has 102 valence electrons. The summed E-state index contributed by atoms with van der Waals surface area (Å²) >= 11 is 0. The van der Waals surface area contributed by atoms with Gasteiger partial charge in [-0.25, -0.2) is 8.42 Å². The molecular weight excluding hydrogens is 234 g/mol. The van der Waals surface area contributed by atoms with Crippen molar-refractivity contribution in [1.29, 1.82) is 0 Å². The second kappa shape index (κ2) is 6.74. The minimum atomic E-state index is -2.89. The molecule has 0 saturated heterocycles. The third kappa shape index (κ3) is 4.59. The van der Waals surface area contributed by atoms with Gasteiger partial charge in [-0.15, -0.1) is 0 Å². The van der Waals surface area contributed by atoms with Gasteiger partial charge in [0.05, 0.1) is 11.0 Å². The quantitative estimate of drug-likeness (QED) is 0.798. The van der Waals surface area contributed by atoms with Gasteiger partial charge in [-0.2, -0.15) is 0 Å². The molecule has 0 aromatic rings. The first kappa shape index (κ1) is 15.0. The van der Waals surface area contributed by atoms with Crippen LogP contribution in [0.15, 0.2) is 0 Å². The van der Waals surface area contributed by atoms with Gasteiger partial charge < -0.3 is 5.32 Å². The van der Waals surface area contributed by atoms with Gasteiger partial charge in [-0.3, -0.25) is 0 Å². The van der Waals surface area contributed by atoms with Crippen molar-refractivity contribution >= 4 is 9.84 Å². The Balaban J connectivity index is 2.58. The van der Waals surface area contributed by atoms with Gasteiger partial charge in [-0.1, -0.05) is 33.6 Å². The molecule has 0 aromatic heterocycles. The summed E-state index contributed by atoms with van der Waals surface area (Å²) in [5, 5.41) is 3.29. The summed E-state index contributed by atoms with van der Waals surface area (Å²) in [6, 6.07) is 0.408. The molecule has 17 heavy (non-hydrogen) atoms. The van der Waals surface area contributed by atoms with Gasteiger partial charge in [-0.05, 0) is 31.7 Å². The van der Waals surface area contributed by atoms with Crippen LogP contribution in [0.4, 0.5) is 0 Å². The summed E-state index contributed by atoms with van der Waals surface area (Å²) in [6.45, 7) is 7.10. The summed E-state index contributed by atoms with van der Waals surface area (Å²) in [5.74, 6) is 0.659. The van der Waals surface area contributed by atoms with E-state index in [2.05, 4.69) is 19.2 Å². The zero-order valence-corrected chi connectivity index (χ0v) is 12.2. The fourth-order valence-corrected chi connectivity index (χ4v) is 4.95. The molecule has 0 bridgehead atoms. The van der Waals surface area contributed by atoms with Crippen molar-refractivity contribution in [2.45, 2.75) is 64.2 Å². The Hall–Kier alpha value is -0.0900. The van der Waals surface area contributed by atoms with Gasteiger partial charge in [0, 0.05) is 6.04 Å². The number of nitrogens with one attached hydrogen (secondary N) is 1. The molecule has 3 unspecified atom stereocenters. The standard InChI is InChI=1S/C13H27NO2S/c1-4-11(3)10-17(15,16)13-8-6-7-12(9-13)14-5-2/h11-14H,4-10H2,1-3H3. The summed E-state index contributed by atoms with van der Waals surface area (Å²) in [6.07, 6.45) is 4.79. The predicted octanol–water partition coefficient (Wildman–Crippen LogP) is 2.37. The molecule has 1 aliphatic rings. The Bertz CT molecular complexity index is 311. The summed E-state index contributed by atoms with van der Waals surface area (Å²) in [7, 11) is -2.89. The summed E-state index contributed by atoms with van der Waals surface area (Å²) in [5.41, 5.74) is 0. The molecule has 0 aliphatic heterocycles. The molecule has 1 aliphatic carbocycles. The maximum absolute atomic E-state index is 12.3. The molecule has 3 atom stereocenters. The first-order valence-electron chi connectivity index (χ1n) is 6.94. The van der Waals surface area contributed by atoms with E-state index in [1.807, 2.05) is 6.92 Å².